The van der Waals surface area contributed by atoms with Gasteiger partial charge in [0.15, 0.2) is 5.76 Å². The molecule has 0 bridgehead atoms. The lowest BCUT2D eigenvalue weighted by Crippen LogP contribution is -2.08. The number of carbonyl (C=O) groups is 2. The van der Waals surface area contributed by atoms with E-state index in [2.05, 4.69) is 4.98 Å². The summed E-state index contributed by atoms with van der Waals surface area (Å²) in [7, 11) is 1.96. The van der Waals surface area contributed by atoms with Crippen LogP contribution in [0, 0.1) is 0 Å². The van der Waals surface area contributed by atoms with Crippen molar-refractivity contribution in [3.63, 3.8) is 0 Å². The van der Waals surface area contributed by atoms with Gasteiger partial charge in [-0.05, 0) is 36.4 Å². The van der Waals surface area contributed by atoms with E-state index in [4.69, 9.17) is 9.47 Å². The molecular formula is C24H16N2O4. The molecule has 6 heteroatoms. The number of fused-ring (bicyclic) bond motifs is 2. The molecule has 0 saturated heterocycles. The number of ketones is 1. The highest BCUT2D eigenvalue weighted by molar-refractivity contribution is 6.15. The van der Waals surface area contributed by atoms with Crippen LogP contribution in [0.15, 0.2) is 78.9 Å². The standard InChI is InChI=1S/C24H16N2O4/c1-26-14-16(18-6-2-3-7-20(18)26)11-22-23(27)19-9-8-17(12-21(19)30-22)29-24(28)15-5-4-10-25-13-15/h2-14H,1H3/b22-11-. The smallest absolute Gasteiger partial charge is 0.345 e. The number of aryl methyl sites for hydroxylation is 1. The molecular weight excluding hydrogens is 380 g/mol. The predicted molar refractivity (Wildman–Crippen MR) is 111 cm³/mol. The van der Waals surface area contributed by atoms with Crippen LogP contribution in [0.1, 0.15) is 26.3 Å². The number of allylic oxidation sites excluding steroid dienone is 1. The minimum Gasteiger partial charge on any atom is -0.452 e. The van der Waals surface area contributed by atoms with Crippen molar-refractivity contribution in [3.05, 3.63) is 95.6 Å². The summed E-state index contributed by atoms with van der Waals surface area (Å²) in [4.78, 5) is 28.9. The van der Waals surface area contributed by atoms with E-state index in [0.717, 1.165) is 16.5 Å². The van der Waals surface area contributed by atoms with E-state index in [-0.39, 0.29) is 11.5 Å². The van der Waals surface area contributed by atoms with Crippen LogP contribution in [-0.2, 0) is 7.05 Å². The first-order valence-electron chi connectivity index (χ1n) is 9.35. The van der Waals surface area contributed by atoms with Crippen molar-refractivity contribution in [1.82, 2.24) is 9.55 Å². The molecule has 0 atom stereocenters. The molecule has 1 aliphatic heterocycles. The van der Waals surface area contributed by atoms with Crippen molar-refractivity contribution in [2.45, 2.75) is 0 Å². The van der Waals surface area contributed by atoms with Gasteiger partial charge in [-0.1, -0.05) is 18.2 Å². The van der Waals surface area contributed by atoms with Gasteiger partial charge < -0.3 is 14.0 Å². The maximum atomic E-state index is 12.8. The first-order valence-corrected chi connectivity index (χ1v) is 9.35. The molecule has 5 rings (SSSR count). The summed E-state index contributed by atoms with van der Waals surface area (Å²) in [5.41, 5.74) is 2.73. The summed E-state index contributed by atoms with van der Waals surface area (Å²) in [6, 6.07) is 16.0. The second-order valence-electron chi connectivity index (χ2n) is 6.94. The SMILES string of the molecule is Cn1cc(/C=C2\Oc3cc(OC(=O)c4cccnc4)ccc3C2=O)c2ccccc21. The minimum absolute atomic E-state index is 0.205. The second-order valence-corrected chi connectivity index (χ2v) is 6.94. The van der Waals surface area contributed by atoms with Gasteiger partial charge in [-0.3, -0.25) is 9.78 Å². The van der Waals surface area contributed by atoms with Crippen LogP contribution in [0.2, 0.25) is 0 Å². The van der Waals surface area contributed by atoms with Crippen LogP contribution in [0.5, 0.6) is 11.5 Å². The van der Waals surface area contributed by atoms with Crippen LogP contribution >= 0.6 is 0 Å². The van der Waals surface area contributed by atoms with Gasteiger partial charge in [0.25, 0.3) is 0 Å². The van der Waals surface area contributed by atoms with Gasteiger partial charge in [0.05, 0.1) is 11.1 Å². The largest absolute Gasteiger partial charge is 0.452 e. The Morgan fingerprint density at radius 1 is 1.13 bits per heavy atom. The van der Waals surface area contributed by atoms with Gasteiger partial charge in [0, 0.05) is 48.2 Å². The number of para-hydroxylation sites is 1. The Bertz CT molecular complexity index is 1340. The molecule has 1 aliphatic rings. The Morgan fingerprint density at radius 2 is 2.00 bits per heavy atom. The summed E-state index contributed by atoms with van der Waals surface area (Å²) in [5.74, 6) is 0.156. The first kappa shape index (κ1) is 17.9. The summed E-state index contributed by atoms with van der Waals surface area (Å²) in [6.45, 7) is 0. The van der Waals surface area contributed by atoms with E-state index in [9.17, 15) is 9.59 Å². The quantitative estimate of drug-likeness (QED) is 0.291. The van der Waals surface area contributed by atoms with E-state index in [1.807, 2.05) is 42.1 Å². The Hall–Kier alpha value is -4.19. The van der Waals surface area contributed by atoms with Crippen LogP contribution in [0.25, 0.3) is 17.0 Å². The average Bonchev–Trinajstić information content (AvgIpc) is 3.25. The maximum absolute atomic E-state index is 12.8. The molecule has 0 saturated carbocycles. The Kier molecular flexibility index (Phi) is 4.17. The van der Waals surface area contributed by atoms with Gasteiger partial charge in [-0.2, -0.15) is 0 Å². The third-order valence-electron chi connectivity index (χ3n) is 4.96. The van der Waals surface area contributed by atoms with E-state index >= 15 is 0 Å². The molecule has 0 fully saturated rings. The van der Waals surface area contributed by atoms with E-state index in [1.54, 1.807) is 42.6 Å². The highest BCUT2D eigenvalue weighted by Crippen LogP contribution is 2.36. The van der Waals surface area contributed by atoms with Crippen molar-refractivity contribution >= 4 is 28.7 Å². The molecule has 0 amide bonds. The normalized spacial score (nSPS) is 14.0. The molecule has 2 aromatic heterocycles. The highest BCUT2D eigenvalue weighted by atomic mass is 16.5. The third kappa shape index (κ3) is 3.04. The van der Waals surface area contributed by atoms with Crippen molar-refractivity contribution in [1.29, 1.82) is 0 Å². The molecule has 3 heterocycles. The van der Waals surface area contributed by atoms with Crippen LogP contribution < -0.4 is 9.47 Å². The second kappa shape index (κ2) is 7.00. The van der Waals surface area contributed by atoms with E-state index in [0.29, 0.717) is 22.6 Å². The molecule has 146 valence electrons. The number of Topliss-reactive ketones (excluding diaryl/α,β-unsaturated/α-hetero) is 1. The Balaban J connectivity index is 1.43. The number of benzene rings is 2. The molecule has 0 spiro atoms. The summed E-state index contributed by atoms with van der Waals surface area (Å²) < 4.78 is 13.2. The number of ether oxygens (including phenoxy) is 2. The number of pyridine rings is 1. The minimum atomic E-state index is -0.529. The Labute approximate surface area is 172 Å². The van der Waals surface area contributed by atoms with Gasteiger partial charge >= 0.3 is 5.97 Å². The topological polar surface area (TPSA) is 70.4 Å². The molecule has 0 unspecified atom stereocenters. The first-order chi connectivity index (χ1) is 14.6. The zero-order valence-electron chi connectivity index (χ0n) is 16.0. The molecule has 0 aliphatic carbocycles. The fourth-order valence-corrected chi connectivity index (χ4v) is 3.51. The molecule has 30 heavy (non-hydrogen) atoms. The number of hydrogen-bond donors (Lipinski definition) is 0. The molecule has 2 aromatic carbocycles. The van der Waals surface area contributed by atoms with E-state index < -0.39 is 5.97 Å². The third-order valence-corrected chi connectivity index (χ3v) is 4.96. The average molecular weight is 396 g/mol. The lowest BCUT2D eigenvalue weighted by molar-refractivity contribution is 0.0734. The van der Waals surface area contributed by atoms with Gasteiger partial charge in [-0.15, -0.1) is 0 Å². The van der Waals surface area contributed by atoms with Gasteiger partial charge in [0.2, 0.25) is 5.78 Å². The predicted octanol–water partition coefficient (Wildman–Crippen LogP) is 4.41. The zero-order chi connectivity index (χ0) is 20.7. The van der Waals surface area contributed by atoms with Crippen molar-refractivity contribution in [2.75, 3.05) is 0 Å². The van der Waals surface area contributed by atoms with Crippen molar-refractivity contribution in [2.24, 2.45) is 7.05 Å². The fraction of sp³-hybridized carbons (Fsp3) is 0.0417. The van der Waals surface area contributed by atoms with Crippen molar-refractivity contribution in [3.8, 4) is 11.5 Å². The van der Waals surface area contributed by atoms with Crippen LogP contribution in [-0.4, -0.2) is 21.3 Å². The lowest BCUT2D eigenvalue weighted by atomic mass is 10.1. The molecule has 0 N–H and O–H groups in total. The van der Waals surface area contributed by atoms with Gasteiger partial charge in [0.1, 0.15) is 11.5 Å². The molecule has 0 radical (unpaired) electrons. The fourth-order valence-electron chi connectivity index (χ4n) is 3.51. The molecule has 4 aromatic rings. The number of aromatic nitrogens is 2. The molecule has 6 nitrogen and oxygen atoms in total. The summed E-state index contributed by atoms with van der Waals surface area (Å²) in [6.07, 6.45) is 6.71. The summed E-state index contributed by atoms with van der Waals surface area (Å²) >= 11 is 0. The monoisotopic (exact) mass is 396 g/mol. The Morgan fingerprint density at radius 3 is 2.83 bits per heavy atom. The van der Waals surface area contributed by atoms with Crippen LogP contribution in [0.4, 0.5) is 0 Å². The number of hydrogen-bond acceptors (Lipinski definition) is 5. The highest BCUT2D eigenvalue weighted by Gasteiger charge is 2.28. The maximum Gasteiger partial charge on any atom is 0.345 e. The lowest BCUT2D eigenvalue weighted by Gasteiger charge is -2.05. The number of nitrogens with zero attached hydrogens (tertiary/aromatic N) is 2. The summed E-state index contributed by atoms with van der Waals surface area (Å²) in [5, 5.41) is 1.03. The number of esters is 1. The number of rotatable bonds is 3. The van der Waals surface area contributed by atoms with Crippen LogP contribution in [0.3, 0.4) is 0 Å². The zero-order valence-corrected chi connectivity index (χ0v) is 16.0. The van der Waals surface area contributed by atoms with E-state index in [1.165, 1.54) is 6.20 Å². The van der Waals surface area contributed by atoms with Crippen molar-refractivity contribution < 1.29 is 19.1 Å². The number of carbonyl (C=O) groups excluding carboxylic acids is 2. The van der Waals surface area contributed by atoms with Gasteiger partial charge in [-0.25, -0.2) is 4.79 Å².